The highest BCUT2D eigenvalue weighted by Crippen LogP contribution is 2.41. The van der Waals surface area contributed by atoms with Crippen molar-refractivity contribution in [3.8, 4) is 0 Å². The van der Waals surface area contributed by atoms with Gasteiger partial charge >= 0.3 is 5.97 Å². The number of ether oxygens (including phenoxy) is 1. The van der Waals surface area contributed by atoms with E-state index < -0.39 is 17.2 Å². The molecule has 0 saturated heterocycles. The van der Waals surface area contributed by atoms with E-state index in [1.54, 1.807) is 20.8 Å². The minimum atomic E-state index is -1.80. The summed E-state index contributed by atoms with van der Waals surface area (Å²) in [5.74, 6) is -0.757. The minimum absolute atomic E-state index is 0.113. The third-order valence-corrected chi connectivity index (χ3v) is 1.83. The summed E-state index contributed by atoms with van der Waals surface area (Å²) in [5.41, 5.74) is -1.65. The van der Waals surface area contributed by atoms with Crippen molar-refractivity contribution in [2.45, 2.75) is 44.9 Å². The Morgan fingerprint density at radius 2 is 2.00 bits per heavy atom. The van der Waals surface area contributed by atoms with Crippen LogP contribution in [0, 0.1) is 0 Å². The molecule has 74 valence electrons. The van der Waals surface area contributed by atoms with Gasteiger partial charge in [-0.05, 0) is 20.8 Å². The van der Waals surface area contributed by atoms with Gasteiger partial charge in [-0.15, -0.1) is 0 Å². The van der Waals surface area contributed by atoms with Gasteiger partial charge in [-0.2, -0.15) is 0 Å². The number of allylic oxidation sites excluding steroid dienone is 1. The van der Waals surface area contributed by atoms with Gasteiger partial charge in [0.1, 0.15) is 5.60 Å². The number of hydrogen-bond donors (Lipinski definition) is 0. The average molecular weight is 186 g/mol. The first kappa shape index (κ1) is 10.2. The van der Waals surface area contributed by atoms with Crippen LogP contribution in [0.2, 0.25) is 0 Å². The van der Waals surface area contributed by atoms with Crippen molar-refractivity contribution in [1.29, 1.82) is 0 Å². The third-order valence-electron chi connectivity index (χ3n) is 1.83. The number of esters is 1. The van der Waals surface area contributed by atoms with Crippen LogP contribution >= 0.6 is 0 Å². The quantitative estimate of drug-likeness (QED) is 0.464. The molecule has 1 rings (SSSR count). The summed E-state index contributed by atoms with van der Waals surface area (Å²) in [5, 5.41) is 0. The molecule has 0 aromatic carbocycles. The van der Waals surface area contributed by atoms with Crippen LogP contribution in [0.5, 0.6) is 0 Å². The van der Waals surface area contributed by atoms with Crippen molar-refractivity contribution < 1.29 is 13.9 Å². The smallest absolute Gasteiger partial charge is 0.345 e. The fourth-order valence-corrected chi connectivity index (χ4v) is 1.25. The molecule has 0 aromatic rings. The lowest BCUT2D eigenvalue weighted by molar-refractivity contribution is -0.172. The summed E-state index contributed by atoms with van der Waals surface area (Å²) in [6.07, 6.45) is 0.226. The van der Waals surface area contributed by atoms with E-state index in [4.69, 9.17) is 4.74 Å². The molecule has 0 unspecified atom stereocenters. The topological polar surface area (TPSA) is 26.3 Å². The van der Waals surface area contributed by atoms with E-state index in [9.17, 15) is 9.18 Å². The van der Waals surface area contributed by atoms with Gasteiger partial charge in [0.2, 0.25) is 5.67 Å². The second kappa shape index (κ2) is 2.82. The molecular weight excluding hydrogens is 171 g/mol. The Balaban J connectivity index is 2.54. The van der Waals surface area contributed by atoms with Crippen LogP contribution < -0.4 is 0 Å². The molecule has 2 nitrogen and oxygen atoms in total. The highest BCUT2D eigenvalue weighted by atomic mass is 19.1. The summed E-state index contributed by atoms with van der Waals surface area (Å²) >= 11 is 0. The summed E-state index contributed by atoms with van der Waals surface area (Å²) < 4.78 is 18.5. The number of carbonyl (C=O) groups is 1. The standard InChI is InChI=1S/C10H15FO2/c1-7-5-10(11,6-7)8(12)13-9(2,3)4/h1,5-6H2,2-4H3. The second-order valence-electron chi connectivity index (χ2n) is 4.57. The largest absolute Gasteiger partial charge is 0.458 e. The monoisotopic (exact) mass is 186 g/mol. The van der Waals surface area contributed by atoms with E-state index in [0.29, 0.717) is 0 Å². The van der Waals surface area contributed by atoms with Gasteiger partial charge in [0.15, 0.2) is 0 Å². The van der Waals surface area contributed by atoms with E-state index in [-0.39, 0.29) is 12.8 Å². The maximum atomic E-state index is 13.5. The molecule has 1 saturated carbocycles. The highest BCUT2D eigenvalue weighted by molar-refractivity contribution is 5.82. The first-order valence-corrected chi connectivity index (χ1v) is 4.32. The van der Waals surface area contributed by atoms with Crippen LogP contribution in [-0.4, -0.2) is 17.2 Å². The maximum Gasteiger partial charge on any atom is 0.345 e. The minimum Gasteiger partial charge on any atom is -0.458 e. The predicted octanol–water partition coefficient (Wildman–Crippen LogP) is 2.39. The Bertz CT molecular complexity index is 242. The summed E-state index contributed by atoms with van der Waals surface area (Å²) in [7, 11) is 0. The van der Waals surface area contributed by atoms with Crippen molar-refractivity contribution in [3.05, 3.63) is 12.2 Å². The zero-order valence-electron chi connectivity index (χ0n) is 8.32. The van der Waals surface area contributed by atoms with Crippen LogP contribution in [0.15, 0.2) is 12.2 Å². The zero-order chi connectivity index (χ0) is 10.3. The van der Waals surface area contributed by atoms with E-state index >= 15 is 0 Å². The van der Waals surface area contributed by atoms with Crippen molar-refractivity contribution in [2.24, 2.45) is 0 Å². The normalized spacial score (nSPS) is 20.8. The van der Waals surface area contributed by atoms with Gasteiger partial charge in [0.25, 0.3) is 0 Å². The SMILES string of the molecule is C=C1CC(F)(C(=O)OC(C)(C)C)C1. The Labute approximate surface area is 77.8 Å². The van der Waals surface area contributed by atoms with Gasteiger partial charge in [-0.25, -0.2) is 9.18 Å². The Kier molecular flexibility index (Phi) is 2.22. The van der Waals surface area contributed by atoms with Gasteiger partial charge in [-0.3, -0.25) is 0 Å². The number of alkyl halides is 1. The van der Waals surface area contributed by atoms with Gasteiger partial charge in [0.05, 0.1) is 0 Å². The molecule has 13 heavy (non-hydrogen) atoms. The van der Waals surface area contributed by atoms with E-state index in [2.05, 4.69) is 6.58 Å². The highest BCUT2D eigenvalue weighted by Gasteiger charge is 2.49. The average Bonchev–Trinajstić information content (AvgIpc) is 1.80. The van der Waals surface area contributed by atoms with E-state index in [1.165, 1.54) is 0 Å². The number of carbonyl (C=O) groups excluding carboxylic acids is 1. The summed E-state index contributed by atoms with van der Waals surface area (Å²) in [4.78, 5) is 11.3. The van der Waals surface area contributed by atoms with Crippen LogP contribution in [0.1, 0.15) is 33.6 Å². The molecule has 0 spiro atoms. The van der Waals surface area contributed by atoms with E-state index in [0.717, 1.165) is 5.57 Å². The molecule has 3 heteroatoms. The molecule has 0 radical (unpaired) electrons. The lowest BCUT2D eigenvalue weighted by Gasteiger charge is -2.35. The fraction of sp³-hybridized carbons (Fsp3) is 0.700. The number of halogens is 1. The van der Waals surface area contributed by atoms with Gasteiger partial charge in [0, 0.05) is 12.8 Å². The van der Waals surface area contributed by atoms with Crippen molar-refractivity contribution >= 4 is 5.97 Å². The second-order valence-corrected chi connectivity index (χ2v) is 4.57. The van der Waals surface area contributed by atoms with Crippen molar-refractivity contribution in [3.63, 3.8) is 0 Å². The van der Waals surface area contributed by atoms with Crippen LogP contribution in [0.25, 0.3) is 0 Å². The number of rotatable bonds is 1. The molecule has 1 aliphatic carbocycles. The molecule has 1 aliphatic rings. The van der Waals surface area contributed by atoms with Crippen molar-refractivity contribution in [2.75, 3.05) is 0 Å². The van der Waals surface area contributed by atoms with Crippen LogP contribution in [0.4, 0.5) is 4.39 Å². The first-order chi connectivity index (χ1) is 5.73. The lowest BCUT2D eigenvalue weighted by Crippen LogP contribution is -2.46. The molecular formula is C10H15FO2. The van der Waals surface area contributed by atoms with Crippen LogP contribution in [0.3, 0.4) is 0 Å². The van der Waals surface area contributed by atoms with Gasteiger partial charge in [-0.1, -0.05) is 12.2 Å². The summed E-state index contributed by atoms with van der Waals surface area (Å²) in [6.45, 7) is 8.76. The molecule has 0 heterocycles. The Morgan fingerprint density at radius 1 is 1.54 bits per heavy atom. The molecule has 0 N–H and O–H groups in total. The molecule has 0 aromatic heterocycles. The van der Waals surface area contributed by atoms with E-state index in [1.807, 2.05) is 0 Å². The molecule has 1 fully saturated rings. The fourth-order valence-electron chi connectivity index (χ4n) is 1.25. The number of hydrogen-bond acceptors (Lipinski definition) is 2. The zero-order valence-corrected chi connectivity index (χ0v) is 8.32. The Hall–Kier alpha value is -0.860. The molecule has 0 atom stereocenters. The Morgan fingerprint density at radius 3 is 2.31 bits per heavy atom. The lowest BCUT2D eigenvalue weighted by atomic mass is 9.78. The third kappa shape index (κ3) is 2.29. The van der Waals surface area contributed by atoms with Gasteiger partial charge < -0.3 is 4.74 Å². The van der Waals surface area contributed by atoms with Crippen LogP contribution in [-0.2, 0) is 9.53 Å². The molecule has 0 amide bonds. The predicted molar refractivity (Wildman–Crippen MR) is 48.1 cm³/mol. The molecule has 0 bridgehead atoms. The summed E-state index contributed by atoms with van der Waals surface area (Å²) in [6, 6.07) is 0. The first-order valence-electron chi connectivity index (χ1n) is 4.32. The maximum absolute atomic E-state index is 13.5. The molecule has 0 aliphatic heterocycles. The van der Waals surface area contributed by atoms with Crippen molar-refractivity contribution in [1.82, 2.24) is 0 Å².